The number of benzene rings is 2. The van der Waals surface area contributed by atoms with E-state index in [-0.39, 0.29) is 17.4 Å². The van der Waals surface area contributed by atoms with Gasteiger partial charge in [-0.1, -0.05) is 24.8 Å². The van der Waals surface area contributed by atoms with E-state index in [1.807, 2.05) is 56.3 Å². The Morgan fingerprint density at radius 3 is 2.80 bits per heavy atom. The molecule has 0 aromatic heterocycles. The lowest BCUT2D eigenvalue weighted by atomic mass is 9.94. The van der Waals surface area contributed by atoms with Crippen molar-refractivity contribution in [1.82, 2.24) is 9.80 Å². The zero-order chi connectivity index (χ0) is 25.1. The molecule has 0 spiro atoms. The van der Waals surface area contributed by atoms with Crippen LogP contribution in [0.1, 0.15) is 36.1 Å². The van der Waals surface area contributed by atoms with Gasteiger partial charge in [-0.05, 0) is 75.4 Å². The van der Waals surface area contributed by atoms with Gasteiger partial charge in [0.15, 0.2) is 0 Å². The Bertz CT molecular complexity index is 1170. The minimum atomic E-state index is -0.715. The molecule has 2 aromatic rings. The second-order valence-electron chi connectivity index (χ2n) is 9.28. The smallest absolute Gasteiger partial charge is 0.295 e. The Morgan fingerprint density at radius 2 is 2.06 bits per heavy atom. The fourth-order valence-corrected chi connectivity index (χ4v) is 4.67. The average Bonchev–Trinajstić information content (AvgIpc) is 3.33. The summed E-state index contributed by atoms with van der Waals surface area (Å²) in [7, 11) is 3.93. The number of carbonyl (C=O) groups excluding carboxylic acids is 2. The molecule has 2 aliphatic heterocycles. The van der Waals surface area contributed by atoms with Crippen molar-refractivity contribution >= 4 is 17.4 Å². The number of ether oxygens (including phenoxy) is 2. The molecule has 4 rings (SSSR count). The summed E-state index contributed by atoms with van der Waals surface area (Å²) in [6.07, 6.45) is 3.12. The molecular formula is C28H32N2O5. The number of nitrogens with zero attached hydrogens (tertiary/aromatic N) is 2. The number of ketones is 1. The minimum Gasteiger partial charge on any atom is -0.507 e. The van der Waals surface area contributed by atoms with Gasteiger partial charge in [0, 0.05) is 18.5 Å². The van der Waals surface area contributed by atoms with Crippen molar-refractivity contribution in [3.63, 3.8) is 0 Å². The predicted molar refractivity (Wildman–Crippen MR) is 135 cm³/mol. The number of likely N-dealkylation sites (tertiary alicyclic amines) is 1. The van der Waals surface area contributed by atoms with Gasteiger partial charge in [0.2, 0.25) is 0 Å². The highest BCUT2D eigenvalue weighted by atomic mass is 16.5. The third-order valence-corrected chi connectivity index (χ3v) is 6.26. The second kappa shape index (κ2) is 10.4. The molecule has 1 fully saturated rings. The molecular weight excluding hydrogens is 444 g/mol. The van der Waals surface area contributed by atoms with Crippen LogP contribution in [0.2, 0.25) is 0 Å². The number of Topliss-reactive ketones (excluding diaryl/α,β-unsaturated/α-hetero) is 1. The van der Waals surface area contributed by atoms with Gasteiger partial charge in [0.05, 0.1) is 11.6 Å². The SMILES string of the molecule is C=CCOc1cccc([C@@H]2/C(=C(\O)c3ccc4c(c3)C[C@@H](C)O4)C(=O)C(=O)N2CCCN(C)C)c1. The Kier molecular flexibility index (Phi) is 7.26. The molecule has 0 unspecified atom stereocenters. The van der Waals surface area contributed by atoms with Gasteiger partial charge >= 0.3 is 0 Å². The molecule has 2 aliphatic rings. The van der Waals surface area contributed by atoms with Gasteiger partial charge in [-0.2, -0.15) is 0 Å². The van der Waals surface area contributed by atoms with Gasteiger partial charge in [-0.3, -0.25) is 9.59 Å². The predicted octanol–water partition coefficient (Wildman–Crippen LogP) is 3.95. The molecule has 2 heterocycles. The van der Waals surface area contributed by atoms with Crippen molar-refractivity contribution in [3.8, 4) is 11.5 Å². The quantitative estimate of drug-likeness (QED) is 0.256. The van der Waals surface area contributed by atoms with E-state index in [2.05, 4.69) is 6.58 Å². The molecule has 184 valence electrons. The topological polar surface area (TPSA) is 79.3 Å². The number of amides is 1. The highest BCUT2D eigenvalue weighted by Gasteiger charge is 2.46. The molecule has 2 aromatic carbocycles. The van der Waals surface area contributed by atoms with Crippen LogP contribution >= 0.6 is 0 Å². The van der Waals surface area contributed by atoms with Crippen molar-refractivity contribution in [2.45, 2.75) is 31.9 Å². The third kappa shape index (κ3) is 5.10. The zero-order valence-corrected chi connectivity index (χ0v) is 20.5. The first-order chi connectivity index (χ1) is 16.8. The summed E-state index contributed by atoms with van der Waals surface area (Å²) in [6.45, 7) is 7.15. The lowest BCUT2D eigenvalue weighted by molar-refractivity contribution is -0.139. The van der Waals surface area contributed by atoms with Crippen LogP contribution in [0, 0.1) is 0 Å². The van der Waals surface area contributed by atoms with Gasteiger partial charge < -0.3 is 24.4 Å². The Labute approximate surface area is 206 Å². The van der Waals surface area contributed by atoms with Crippen LogP contribution in [-0.2, 0) is 16.0 Å². The van der Waals surface area contributed by atoms with Crippen LogP contribution in [0.25, 0.3) is 5.76 Å². The van der Waals surface area contributed by atoms with Crippen LogP contribution in [0.5, 0.6) is 11.5 Å². The molecule has 1 saturated heterocycles. The maximum atomic E-state index is 13.3. The molecule has 7 nitrogen and oxygen atoms in total. The highest BCUT2D eigenvalue weighted by molar-refractivity contribution is 6.46. The Hall–Kier alpha value is -3.58. The van der Waals surface area contributed by atoms with Gasteiger partial charge in [0.25, 0.3) is 11.7 Å². The second-order valence-corrected chi connectivity index (χ2v) is 9.28. The van der Waals surface area contributed by atoms with Crippen LogP contribution in [0.15, 0.2) is 60.7 Å². The molecule has 2 atom stereocenters. The molecule has 35 heavy (non-hydrogen) atoms. The number of aliphatic hydroxyl groups is 1. The molecule has 0 saturated carbocycles. The maximum absolute atomic E-state index is 13.3. The number of hydrogen-bond donors (Lipinski definition) is 1. The maximum Gasteiger partial charge on any atom is 0.295 e. The summed E-state index contributed by atoms with van der Waals surface area (Å²) in [5, 5.41) is 11.4. The van der Waals surface area contributed by atoms with E-state index in [1.54, 1.807) is 23.1 Å². The lowest BCUT2D eigenvalue weighted by Gasteiger charge is -2.26. The fraction of sp³-hybridized carbons (Fsp3) is 0.357. The standard InChI is InChI=1S/C28H32N2O5/c1-5-14-34-22-9-6-8-19(17-22)25-24(27(32)28(33)30(25)13-7-12-29(3)4)26(31)20-10-11-23-21(16-20)15-18(2)35-23/h5-6,8-11,16-18,25,31H,1,7,12-15H2,2-4H3/b26-24+/t18-,25-/m1/s1. The number of hydrogen-bond acceptors (Lipinski definition) is 6. The number of carbonyl (C=O) groups is 2. The molecule has 1 N–H and O–H groups in total. The summed E-state index contributed by atoms with van der Waals surface area (Å²) < 4.78 is 11.5. The highest BCUT2D eigenvalue weighted by Crippen LogP contribution is 2.41. The van der Waals surface area contributed by atoms with Crippen molar-refractivity contribution in [1.29, 1.82) is 0 Å². The first-order valence-electron chi connectivity index (χ1n) is 11.9. The molecule has 0 aliphatic carbocycles. The summed E-state index contributed by atoms with van der Waals surface area (Å²) >= 11 is 0. The van der Waals surface area contributed by atoms with Crippen LogP contribution in [0.3, 0.4) is 0 Å². The molecule has 7 heteroatoms. The summed E-state index contributed by atoms with van der Waals surface area (Å²) in [4.78, 5) is 30.0. The van der Waals surface area contributed by atoms with Gasteiger partial charge in [-0.25, -0.2) is 0 Å². The van der Waals surface area contributed by atoms with Crippen molar-refractivity contribution < 1.29 is 24.2 Å². The monoisotopic (exact) mass is 476 g/mol. The molecule has 0 bridgehead atoms. The van der Waals surface area contributed by atoms with E-state index in [1.165, 1.54) is 0 Å². The van der Waals surface area contributed by atoms with Crippen LogP contribution < -0.4 is 9.47 Å². The van der Waals surface area contributed by atoms with E-state index < -0.39 is 17.7 Å². The number of aliphatic hydroxyl groups excluding tert-OH is 1. The van der Waals surface area contributed by atoms with Gasteiger partial charge in [-0.15, -0.1) is 0 Å². The van der Waals surface area contributed by atoms with E-state index >= 15 is 0 Å². The molecule has 0 radical (unpaired) electrons. The van der Waals surface area contributed by atoms with E-state index in [0.717, 1.165) is 24.3 Å². The minimum absolute atomic E-state index is 0.0583. The summed E-state index contributed by atoms with van der Waals surface area (Å²) in [5.41, 5.74) is 2.26. The first-order valence-corrected chi connectivity index (χ1v) is 11.9. The average molecular weight is 477 g/mol. The van der Waals surface area contributed by atoms with E-state index in [9.17, 15) is 14.7 Å². The largest absolute Gasteiger partial charge is 0.507 e. The van der Waals surface area contributed by atoms with Gasteiger partial charge in [0.1, 0.15) is 30.0 Å². The van der Waals surface area contributed by atoms with Crippen LogP contribution in [0.4, 0.5) is 0 Å². The third-order valence-electron chi connectivity index (χ3n) is 6.26. The first kappa shape index (κ1) is 24.5. The van der Waals surface area contributed by atoms with Crippen molar-refractivity contribution in [3.05, 3.63) is 77.4 Å². The number of fused-ring (bicyclic) bond motifs is 1. The fourth-order valence-electron chi connectivity index (χ4n) is 4.67. The zero-order valence-electron chi connectivity index (χ0n) is 20.5. The number of rotatable bonds is 9. The van der Waals surface area contributed by atoms with Crippen molar-refractivity contribution in [2.24, 2.45) is 0 Å². The Balaban J connectivity index is 1.78. The molecule has 1 amide bonds. The van der Waals surface area contributed by atoms with E-state index in [0.29, 0.717) is 36.4 Å². The van der Waals surface area contributed by atoms with Crippen LogP contribution in [-0.4, -0.2) is 66.5 Å². The van der Waals surface area contributed by atoms with Crippen molar-refractivity contribution in [2.75, 3.05) is 33.8 Å². The van der Waals surface area contributed by atoms with E-state index in [4.69, 9.17) is 9.47 Å². The summed E-state index contributed by atoms with van der Waals surface area (Å²) in [6, 6.07) is 12.0. The Morgan fingerprint density at radius 1 is 1.26 bits per heavy atom. The summed E-state index contributed by atoms with van der Waals surface area (Å²) in [5.74, 6) is -0.0827. The lowest BCUT2D eigenvalue weighted by Crippen LogP contribution is -2.32. The normalized spacial score (nSPS) is 20.7.